The van der Waals surface area contributed by atoms with E-state index in [-0.39, 0.29) is 37.2 Å². The number of amides is 3. The molecule has 3 atom stereocenters. The van der Waals surface area contributed by atoms with Gasteiger partial charge in [0, 0.05) is 24.4 Å². The highest BCUT2D eigenvalue weighted by atomic mass is 16.3. The molecular formula is C18H29N3O9. The molecule has 3 unspecified atom stereocenters. The fraction of sp³-hybridized carbons (Fsp3) is 0.611. The molecule has 3 amide bonds. The predicted molar refractivity (Wildman–Crippen MR) is 102 cm³/mol. The van der Waals surface area contributed by atoms with Gasteiger partial charge in [-0.05, 0) is 25.0 Å². The third-order valence-electron chi connectivity index (χ3n) is 4.63. The van der Waals surface area contributed by atoms with Gasteiger partial charge in [0.1, 0.15) is 6.61 Å². The Morgan fingerprint density at radius 1 is 1.13 bits per heavy atom. The van der Waals surface area contributed by atoms with E-state index in [1.807, 2.05) is 0 Å². The van der Waals surface area contributed by atoms with Crippen LogP contribution in [0.3, 0.4) is 0 Å². The molecule has 1 aliphatic rings. The molecule has 0 aromatic rings. The van der Waals surface area contributed by atoms with E-state index >= 15 is 0 Å². The summed E-state index contributed by atoms with van der Waals surface area (Å²) < 4.78 is 0. The van der Waals surface area contributed by atoms with Gasteiger partial charge >= 0.3 is 0 Å². The van der Waals surface area contributed by atoms with Crippen LogP contribution >= 0.6 is 0 Å². The number of aliphatic hydroxyl groups is 6. The molecular weight excluding hydrogens is 402 g/mol. The minimum absolute atomic E-state index is 0.00820. The van der Waals surface area contributed by atoms with Crippen molar-refractivity contribution in [1.82, 2.24) is 10.2 Å². The molecule has 0 aromatic carbocycles. The minimum Gasteiger partial charge on any atom is -0.395 e. The first-order chi connectivity index (χ1) is 14.1. The number of carbonyl (C=O) groups is 3. The lowest BCUT2D eigenvalue weighted by atomic mass is 9.72. The van der Waals surface area contributed by atoms with E-state index in [1.54, 1.807) is 0 Å². The SMILES string of the molecule is NC(=O)C1(CC(O)CO)C=C(N(CCO)C(=O)CO)C=C(C(=O)NCC(O)CO)C1. The van der Waals surface area contributed by atoms with Crippen LogP contribution in [0.1, 0.15) is 12.8 Å². The van der Waals surface area contributed by atoms with E-state index in [9.17, 15) is 39.9 Å². The van der Waals surface area contributed by atoms with Gasteiger partial charge in [-0.15, -0.1) is 0 Å². The van der Waals surface area contributed by atoms with Gasteiger partial charge in [-0.1, -0.05) is 0 Å². The number of nitrogens with one attached hydrogen (secondary N) is 1. The summed E-state index contributed by atoms with van der Waals surface area (Å²) in [5.74, 6) is -2.47. The normalized spacial score (nSPS) is 20.6. The van der Waals surface area contributed by atoms with E-state index in [0.717, 1.165) is 4.90 Å². The van der Waals surface area contributed by atoms with Crippen LogP contribution < -0.4 is 11.1 Å². The van der Waals surface area contributed by atoms with Crippen LogP contribution in [0.2, 0.25) is 0 Å². The smallest absolute Gasteiger partial charge is 0.252 e. The first-order valence-electron chi connectivity index (χ1n) is 9.25. The number of nitrogens with two attached hydrogens (primary N) is 1. The van der Waals surface area contributed by atoms with Crippen molar-refractivity contribution in [2.24, 2.45) is 11.1 Å². The summed E-state index contributed by atoms with van der Waals surface area (Å²) >= 11 is 0. The van der Waals surface area contributed by atoms with E-state index in [4.69, 9.17) is 10.8 Å². The molecule has 1 rings (SSSR count). The van der Waals surface area contributed by atoms with Crippen LogP contribution in [-0.2, 0) is 14.4 Å². The standard InChI is InChI=1S/C18H29N3O9/c19-17(30)18(6-13(26)8-23)4-11(16(29)20-7-14(27)9-24)3-12(5-18)21(1-2-22)15(28)10-25/h3,5,13-14,22-27H,1-2,4,6-10H2,(H2,19,30)(H,20,29). The molecule has 30 heavy (non-hydrogen) atoms. The number of primary amides is 1. The number of aliphatic hydroxyl groups excluding tert-OH is 6. The molecule has 12 nitrogen and oxygen atoms in total. The van der Waals surface area contributed by atoms with Crippen molar-refractivity contribution in [3.8, 4) is 0 Å². The van der Waals surface area contributed by atoms with Crippen molar-refractivity contribution < 1.29 is 45.0 Å². The molecule has 0 fully saturated rings. The number of carbonyl (C=O) groups excluding carboxylic acids is 3. The lowest BCUT2D eigenvalue weighted by molar-refractivity contribution is -0.133. The van der Waals surface area contributed by atoms with Gasteiger partial charge in [-0.3, -0.25) is 14.4 Å². The van der Waals surface area contributed by atoms with Crippen molar-refractivity contribution >= 4 is 17.7 Å². The lowest BCUT2D eigenvalue weighted by Crippen LogP contribution is -2.45. The van der Waals surface area contributed by atoms with Gasteiger partial charge in [0.25, 0.3) is 5.91 Å². The molecule has 0 aliphatic heterocycles. The summed E-state index contributed by atoms with van der Waals surface area (Å²) in [6, 6.07) is 0. The second kappa shape index (κ2) is 11.7. The zero-order chi connectivity index (χ0) is 22.9. The van der Waals surface area contributed by atoms with Gasteiger partial charge in [-0.2, -0.15) is 0 Å². The first-order valence-corrected chi connectivity index (χ1v) is 9.25. The van der Waals surface area contributed by atoms with E-state index < -0.39 is 61.8 Å². The summed E-state index contributed by atoms with van der Waals surface area (Å²) in [6.45, 7) is -3.19. The molecule has 0 aromatic heterocycles. The fourth-order valence-electron chi connectivity index (χ4n) is 3.09. The van der Waals surface area contributed by atoms with Gasteiger partial charge in [-0.25, -0.2) is 0 Å². The molecule has 9 N–H and O–H groups in total. The fourth-order valence-corrected chi connectivity index (χ4v) is 3.09. The van der Waals surface area contributed by atoms with Gasteiger partial charge in [0.2, 0.25) is 11.8 Å². The zero-order valence-corrected chi connectivity index (χ0v) is 16.4. The summed E-state index contributed by atoms with van der Waals surface area (Å²) in [7, 11) is 0. The monoisotopic (exact) mass is 431 g/mol. The summed E-state index contributed by atoms with van der Waals surface area (Å²) in [5, 5.41) is 58.3. The first kappa shape index (κ1) is 25.7. The number of nitrogens with zero attached hydrogens (tertiary/aromatic N) is 1. The summed E-state index contributed by atoms with van der Waals surface area (Å²) in [5.41, 5.74) is 3.85. The highest BCUT2D eigenvalue weighted by Gasteiger charge is 2.42. The average molecular weight is 431 g/mol. The van der Waals surface area contributed by atoms with Crippen molar-refractivity contribution in [3.05, 3.63) is 23.4 Å². The molecule has 170 valence electrons. The van der Waals surface area contributed by atoms with Gasteiger partial charge < -0.3 is 46.6 Å². The van der Waals surface area contributed by atoms with Crippen LogP contribution in [0.5, 0.6) is 0 Å². The van der Waals surface area contributed by atoms with E-state index in [2.05, 4.69) is 5.32 Å². The predicted octanol–water partition coefficient (Wildman–Crippen LogP) is -4.30. The van der Waals surface area contributed by atoms with Crippen LogP contribution in [0.25, 0.3) is 0 Å². The molecule has 12 heteroatoms. The Morgan fingerprint density at radius 2 is 1.77 bits per heavy atom. The van der Waals surface area contributed by atoms with Crippen LogP contribution in [-0.4, -0.2) is 105 Å². The summed E-state index contributed by atoms with van der Waals surface area (Å²) in [6.07, 6.45) is -0.676. The van der Waals surface area contributed by atoms with Crippen LogP contribution in [0.15, 0.2) is 23.4 Å². The van der Waals surface area contributed by atoms with E-state index in [1.165, 1.54) is 12.2 Å². The highest BCUT2D eigenvalue weighted by molar-refractivity contribution is 5.97. The van der Waals surface area contributed by atoms with Crippen molar-refractivity contribution in [2.75, 3.05) is 39.5 Å². The second-order valence-corrected chi connectivity index (χ2v) is 6.95. The van der Waals surface area contributed by atoms with Gasteiger partial charge in [0.05, 0.1) is 37.4 Å². The molecule has 0 saturated carbocycles. The molecule has 0 spiro atoms. The maximum Gasteiger partial charge on any atom is 0.252 e. The Labute approximate surface area is 172 Å². The van der Waals surface area contributed by atoms with Crippen molar-refractivity contribution in [3.63, 3.8) is 0 Å². The third-order valence-corrected chi connectivity index (χ3v) is 4.63. The van der Waals surface area contributed by atoms with Gasteiger partial charge in [0.15, 0.2) is 0 Å². The number of hydrogen-bond acceptors (Lipinski definition) is 9. The molecule has 0 saturated heterocycles. The molecule has 0 bridgehead atoms. The maximum absolute atomic E-state index is 12.6. The quantitative estimate of drug-likeness (QED) is 0.150. The molecule has 1 aliphatic carbocycles. The Kier molecular flexibility index (Phi) is 10.0. The number of hydrogen-bond donors (Lipinski definition) is 8. The van der Waals surface area contributed by atoms with Crippen LogP contribution in [0.4, 0.5) is 0 Å². The Morgan fingerprint density at radius 3 is 2.27 bits per heavy atom. The Balaban J connectivity index is 3.42. The maximum atomic E-state index is 12.6. The highest BCUT2D eigenvalue weighted by Crippen LogP contribution is 2.39. The average Bonchev–Trinajstić information content (AvgIpc) is 2.74. The number of rotatable bonds is 12. The minimum atomic E-state index is -1.65. The van der Waals surface area contributed by atoms with E-state index in [0.29, 0.717) is 0 Å². The Hall–Kier alpha value is -2.35. The molecule has 0 heterocycles. The Bertz CT molecular complexity index is 694. The topological polar surface area (TPSA) is 214 Å². The third kappa shape index (κ3) is 6.58. The number of allylic oxidation sites excluding steroid dienone is 1. The largest absolute Gasteiger partial charge is 0.395 e. The zero-order valence-electron chi connectivity index (χ0n) is 16.4. The van der Waals surface area contributed by atoms with Crippen molar-refractivity contribution in [1.29, 1.82) is 0 Å². The van der Waals surface area contributed by atoms with Crippen LogP contribution in [0, 0.1) is 5.41 Å². The second-order valence-electron chi connectivity index (χ2n) is 6.95. The lowest BCUT2D eigenvalue weighted by Gasteiger charge is -2.36. The van der Waals surface area contributed by atoms with Crippen molar-refractivity contribution in [2.45, 2.75) is 25.0 Å². The summed E-state index contributed by atoms with van der Waals surface area (Å²) in [4.78, 5) is 38.0. The molecule has 0 radical (unpaired) electrons.